The molecule has 9 nitrogen and oxygen atoms in total. The summed E-state index contributed by atoms with van der Waals surface area (Å²) in [5, 5.41) is 2.52. The van der Waals surface area contributed by atoms with Crippen molar-refractivity contribution >= 4 is 22.6 Å². The van der Waals surface area contributed by atoms with Gasteiger partial charge in [0.2, 0.25) is 5.43 Å². The van der Waals surface area contributed by atoms with E-state index in [0.29, 0.717) is 34.2 Å². The van der Waals surface area contributed by atoms with Crippen molar-refractivity contribution in [1.29, 1.82) is 0 Å². The maximum absolute atomic E-state index is 15.2. The van der Waals surface area contributed by atoms with E-state index in [-0.39, 0.29) is 39.8 Å². The Balaban J connectivity index is 1.46. The number of nitrogens with one attached hydrogen (secondary N) is 1. The van der Waals surface area contributed by atoms with Crippen molar-refractivity contribution in [1.82, 2.24) is 14.5 Å². The number of amides is 1. The lowest BCUT2D eigenvalue weighted by Crippen LogP contribution is -2.28. The first kappa shape index (κ1) is 29.1. The molecule has 2 aromatic carbocycles. The summed E-state index contributed by atoms with van der Waals surface area (Å²) >= 11 is 0. The van der Waals surface area contributed by atoms with E-state index < -0.39 is 28.8 Å². The summed E-state index contributed by atoms with van der Waals surface area (Å²) in [5.41, 5.74) is 0.198. The van der Waals surface area contributed by atoms with E-state index in [9.17, 15) is 18.4 Å². The molecule has 0 aliphatic rings. The normalized spacial score (nSPS) is 11.0. The van der Waals surface area contributed by atoms with Gasteiger partial charge in [-0.15, -0.1) is 0 Å². The van der Waals surface area contributed by atoms with Crippen LogP contribution in [-0.2, 0) is 7.05 Å². The van der Waals surface area contributed by atoms with Crippen LogP contribution in [-0.4, -0.2) is 34.7 Å². The number of carbonyl (C=O) groups is 1. The molecule has 3 aromatic heterocycles. The summed E-state index contributed by atoms with van der Waals surface area (Å²) in [7, 11) is 4.50. The number of pyridine rings is 3. The summed E-state index contributed by atoms with van der Waals surface area (Å²) in [5.74, 6) is -2.81. The van der Waals surface area contributed by atoms with Crippen molar-refractivity contribution in [2.24, 2.45) is 7.05 Å². The van der Waals surface area contributed by atoms with Gasteiger partial charge < -0.3 is 24.1 Å². The number of nitrogens with zero attached hydrogens (tertiary/aromatic N) is 3. The molecule has 220 valence electrons. The third kappa shape index (κ3) is 5.34. The average molecular weight is 591 g/mol. The Bertz CT molecular complexity index is 1980. The van der Waals surface area contributed by atoms with Crippen LogP contribution >= 0.6 is 0 Å². The third-order valence-electron chi connectivity index (χ3n) is 7.04. The maximum atomic E-state index is 15.2. The molecule has 5 aromatic rings. The van der Waals surface area contributed by atoms with Gasteiger partial charge in [0.25, 0.3) is 11.8 Å². The molecular weight excluding hydrogens is 565 g/mol. The zero-order chi connectivity index (χ0) is 31.0. The van der Waals surface area contributed by atoms with E-state index in [1.54, 1.807) is 31.5 Å². The highest BCUT2D eigenvalue weighted by Crippen LogP contribution is 2.35. The number of fused-ring (bicyclic) bond motifs is 1. The number of aromatic nitrogens is 3. The van der Waals surface area contributed by atoms with Crippen LogP contribution in [0.15, 0.2) is 59.5 Å². The number of anilines is 1. The van der Waals surface area contributed by atoms with Gasteiger partial charge in [-0.25, -0.2) is 18.2 Å². The van der Waals surface area contributed by atoms with Gasteiger partial charge in [-0.3, -0.25) is 14.6 Å². The first-order valence-corrected chi connectivity index (χ1v) is 12.9. The zero-order valence-corrected chi connectivity index (χ0v) is 23.7. The first-order valence-electron chi connectivity index (χ1n) is 12.9. The van der Waals surface area contributed by atoms with Crippen LogP contribution in [0.1, 0.15) is 21.7 Å². The fourth-order valence-electron chi connectivity index (χ4n) is 4.68. The van der Waals surface area contributed by atoms with Crippen LogP contribution in [0.3, 0.4) is 0 Å². The molecule has 3 heterocycles. The average Bonchev–Trinajstić information content (AvgIpc) is 2.98. The van der Waals surface area contributed by atoms with Gasteiger partial charge in [-0.05, 0) is 38.1 Å². The Morgan fingerprint density at radius 2 is 1.65 bits per heavy atom. The van der Waals surface area contributed by atoms with Crippen LogP contribution in [0.2, 0.25) is 0 Å². The second-order valence-corrected chi connectivity index (χ2v) is 9.51. The van der Waals surface area contributed by atoms with E-state index in [2.05, 4.69) is 15.3 Å². The van der Waals surface area contributed by atoms with Gasteiger partial charge >= 0.3 is 0 Å². The van der Waals surface area contributed by atoms with Gasteiger partial charge in [-0.2, -0.15) is 0 Å². The number of carbonyl (C=O) groups excluding carboxylic acids is 1. The predicted molar refractivity (Wildman–Crippen MR) is 154 cm³/mol. The molecule has 0 radical (unpaired) electrons. The van der Waals surface area contributed by atoms with Crippen molar-refractivity contribution in [2.45, 2.75) is 13.8 Å². The summed E-state index contributed by atoms with van der Waals surface area (Å²) < 4.78 is 61.2. The van der Waals surface area contributed by atoms with Crippen LogP contribution in [0.5, 0.6) is 23.1 Å². The van der Waals surface area contributed by atoms with E-state index >= 15 is 4.39 Å². The lowest BCUT2D eigenvalue weighted by molar-refractivity contribution is 0.102. The summed E-state index contributed by atoms with van der Waals surface area (Å²) in [6.45, 7) is 3.15. The maximum Gasteiger partial charge on any atom is 0.261 e. The first-order chi connectivity index (χ1) is 20.5. The fourth-order valence-corrected chi connectivity index (χ4v) is 4.68. The van der Waals surface area contributed by atoms with Gasteiger partial charge in [0.15, 0.2) is 23.1 Å². The smallest absolute Gasteiger partial charge is 0.261 e. The van der Waals surface area contributed by atoms with Crippen molar-refractivity contribution in [2.75, 3.05) is 19.5 Å². The van der Waals surface area contributed by atoms with E-state index in [1.807, 2.05) is 0 Å². The lowest BCUT2D eigenvalue weighted by Gasteiger charge is -2.18. The second-order valence-electron chi connectivity index (χ2n) is 9.51. The minimum Gasteiger partial charge on any atom is -0.491 e. The number of ether oxygens (including phenoxy) is 3. The molecule has 0 atom stereocenters. The predicted octanol–water partition coefficient (Wildman–Crippen LogP) is 6.09. The molecular formula is C31H25F3N4O5. The molecule has 12 heteroatoms. The highest BCUT2D eigenvalue weighted by Gasteiger charge is 2.24. The fraction of sp³-hybridized carbons (Fsp3) is 0.161. The third-order valence-corrected chi connectivity index (χ3v) is 7.04. The Hall–Kier alpha value is -5.39. The van der Waals surface area contributed by atoms with Crippen molar-refractivity contribution in [3.63, 3.8) is 0 Å². The molecule has 0 aliphatic heterocycles. The number of benzene rings is 2. The quantitative estimate of drug-likeness (QED) is 0.245. The molecule has 1 N–H and O–H groups in total. The number of hydrogen-bond acceptors (Lipinski definition) is 7. The molecule has 1 amide bonds. The minimum atomic E-state index is -0.942. The highest BCUT2D eigenvalue weighted by molar-refractivity contribution is 6.05. The number of rotatable bonds is 7. The van der Waals surface area contributed by atoms with Gasteiger partial charge in [0.05, 0.1) is 25.3 Å². The van der Waals surface area contributed by atoms with Crippen molar-refractivity contribution in [3.05, 3.63) is 99.4 Å². The Kier molecular flexibility index (Phi) is 7.77. The Morgan fingerprint density at radius 1 is 0.884 bits per heavy atom. The van der Waals surface area contributed by atoms with E-state index in [0.717, 1.165) is 18.2 Å². The second kappa shape index (κ2) is 11.5. The molecule has 0 saturated heterocycles. The van der Waals surface area contributed by atoms with Gasteiger partial charge in [0.1, 0.15) is 22.7 Å². The molecule has 5 rings (SSSR count). The Labute approximate surface area is 243 Å². The SMILES string of the molecule is COc1cc2nccc(Oc3ccc(NC(=O)c4c(C)n(C)c(C)c(-c5ccc(F)cc5F)c4=O)cc3F)c2nc1OC. The van der Waals surface area contributed by atoms with Crippen LogP contribution in [0.4, 0.5) is 18.9 Å². The van der Waals surface area contributed by atoms with Gasteiger partial charge in [-0.1, -0.05) is 0 Å². The summed E-state index contributed by atoms with van der Waals surface area (Å²) in [6.07, 6.45) is 1.47. The molecule has 0 unspecified atom stereocenters. The van der Waals surface area contributed by atoms with E-state index in [4.69, 9.17) is 14.2 Å². The summed E-state index contributed by atoms with van der Waals surface area (Å²) in [4.78, 5) is 35.4. The molecule has 0 aliphatic carbocycles. The molecule has 0 saturated carbocycles. The zero-order valence-electron chi connectivity index (χ0n) is 23.7. The molecule has 43 heavy (non-hydrogen) atoms. The topological polar surface area (TPSA) is 105 Å². The standard InChI is InChI=1S/C31H25F3N4O5/c1-15-26(19-8-6-17(32)12-20(19)33)29(39)27(16(2)38(15)3)30(40)36-18-7-9-23(21(34)13-18)43-24-10-11-35-22-14-25(41-4)31(42-5)37-28(22)24/h6-14H,1-5H3,(H,36,40). The summed E-state index contributed by atoms with van der Waals surface area (Å²) in [6, 6.07) is 9.68. The van der Waals surface area contributed by atoms with Crippen molar-refractivity contribution < 1.29 is 32.2 Å². The van der Waals surface area contributed by atoms with Crippen LogP contribution in [0, 0.1) is 31.3 Å². The molecule has 0 fully saturated rings. The van der Waals surface area contributed by atoms with Gasteiger partial charge in [0, 0.05) is 60.1 Å². The minimum absolute atomic E-state index is 0.0375. The number of halogens is 3. The largest absolute Gasteiger partial charge is 0.491 e. The molecule has 0 bridgehead atoms. The highest BCUT2D eigenvalue weighted by atomic mass is 19.1. The monoisotopic (exact) mass is 590 g/mol. The van der Waals surface area contributed by atoms with Crippen LogP contribution in [0.25, 0.3) is 22.2 Å². The Morgan fingerprint density at radius 3 is 2.33 bits per heavy atom. The van der Waals surface area contributed by atoms with Crippen molar-refractivity contribution in [3.8, 4) is 34.3 Å². The number of methoxy groups -OCH3 is 2. The number of hydrogen-bond donors (Lipinski definition) is 1. The van der Waals surface area contributed by atoms with Crippen LogP contribution < -0.4 is 25.0 Å². The lowest BCUT2D eigenvalue weighted by atomic mass is 9.98. The van der Waals surface area contributed by atoms with E-state index in [1.165, 1.54) is 38.6 Å². The molecule has 0 spiro atoms.